The van der Waals surface area contributed by atoms with Crippen LogP contribution in [0.5, 0.6) is 0 Å². The molecule has 0 amide bonds. The van der Waals surface area contributed by atoms with Crippen molar-refractivity contribution in [3.63, 3.8) is 0 Å². The molecule has 0 N–H and O–H groups in total. The Morgan fingerprint density at radius 2 is 1.76 bits per heavy atom. The van der Waals surface area contributed by atoms with E-state index >= 15 is 0 Å². The van der Waals surface area contributed by atoms with Gasteiger partial charge in [0, 0.05) is 30.6 Å². The van der Waals surface area contributed by atoms with Gasteiger partial charge in [-0.3, -0.25) is 4.79 Å². The van der Waals surface area contributed by atoms with E-state index in [9.17, 15) is 4.79 Å². The van der Waals surface area contributed by atoms with Crippen LogP contribution in [0.4, 0.5) is 0 Å². The number of carbonyl (C=O) groups is 1. The van der Waals surface area contributed by atoms with Gasteiger partial charge < -0.3 is 9.47 Å². The van der Waals surface area contributed by atoms with Crippen LogP contribution in [0.2, 0.25) is 0 Å². The Morgan fingerprint density at radius 1 is 1.08 bits per heavy atom. The Labute approximate surface area is 149 Å². The van der Waals surface area contributed by atoms with Crippen molar-refractivity contribution in [2.75, 3.05) is 6.61 Å². The fraction of sp³-hybridized carbons (Fsp3) is 0.318. The van der Waals surface area contributed by atoms with Crippen molar-refractivity contribution < 1.29 is 14.3 Å². The quantitative estimate of drug-likeness (QED) is 0.730. The fourth-order valence-electron chi connectivity index (χ4n) is 3.09. The smallest absolute Gasteiger partial charge is 0.200 e. The molecule has 0 spiro atoms. The number of aryl methyl sites for hydroxylation is 1. The molecule has 2 aromatic rings. The van der Waals surface area contributed by atoms with Crippen molar-refractivity contribution in [2.24, 2.45) is 0 Å². The highest BCUT2D eigenvalue weighted by Crippen LogP contribution is 2.32. The second-order valence-electron chi connectivity index (χ2n) is 6.12. The molecule has 1 aliphatic rings. The molecule has 0 aliphatic carbocycles. The summed E-state index contributed by atoms with van der Waals surface area (Å²) < 4.78 is 11.7. The lowest BCUT2D eigenvalue weighted by Crippen LogP contribution is -2.24. The molecule has 1 atom stereocenters. The van der Waals surface area contributed by atoms with E-state index in [1.54, 1.807) is 0 Å². The van der Waals surface area contributed by atoms with Gasteiger partial charge >= 0.3 is 0 Å². The first kappa shape index (κ1) is 17.4. The normalized spacial score (nSPS) is 17.2. The number of rotatable bonds is 7. The molecule has 0 saturated heterocycles. The Morgan fingerprint density at radius 3 is 2.44 bits per heavy atom. The van der Waals surface area contributed by atoms with Gasteiger partial charge in [-0.1, -0.05) is 60.7 Å². The van der Waals surface area contributed by atoms with Crippen LogP contribution in [0.25, 0.3) is 5.76 Å². The molecular weight excluding hydrogens is 312 g/mol. The molecule has 0 aromatic heterocycles. The highest BCUT2D eigenvalue weighted by atomic mass is 16.7. The second kappa shape index (κ2) is 8.63. The standard InChI is InChI=1S/C22H24O3/c1-2-24-21-16-14-19(22(25-21)18-11-7-4-8-12-18)20(23)15-13-17-9-5-3-6-10-17/h3-12,21H,2,13-16H2,1H3. The van der Waals surface area contributed by atoms with Crippen molar-refractivity contribution in [1.82, 2.24) is 0 Å². The van der Waals surface area contributed by atoms with Gasteiger partial charge in [0.15, 0.2) is 12.1 Å². The molecule has 130 valence electrons. The van der Waals surface area contributed by atoms with Crippen molar-refractivity contribution in [2.45, 2.75) is 38.9 Å². The largest absolute Gasteiger partial charge is 0.464 e. The zero-order valence-corrected chi connectivity index (χ0v) is 14.6. The number of ether oxygens (including phenoxy) is 2. The topological polar surface area (TPSA) is 35.5 Å². The van der Waals surface area contributed by atoms with Gasteiger partial charge in [0.05, 0.1) is 0 Å². The summed E-state index contributed by atoms with van der Waals surface area (Å²) in [6, 6.07) is 20.0. The third-order valence-electron chi connectivity index (χ3n) is 4.36. The summed E-state index contributed by atoms with van der Waals surface area (Å²) >= 11 is 0. The minimum absolute atomic E-state index is 0.164. The maximum absolute atomic E-state index is 12.8. The number of hydrogen-bond donors (Lipinski definition) is 0. The minimum atomic E-state index is -0.272. The predicted molar refractivity (Wildman–Crippen MR) is 98.9 cm³/mol. The maximum atomic E-state index is 12.8. The van der Waals surface area contributed by atoms with Crippen LogP contribution in [0.1, 0.15) is 37.3 Å². The minimum Gasteiger partial charge on any atom is -0.464 e. The summed E-state index contributed by atoms with van der Waals surface area (Å²) in [5.74, 6) is 0.848. The first-order valence-electron chi connectivity index (χ1n) is 8.92. The van der Waals surface area contributed by atoms with Gasteiger partial charge in [-0.2, -0.15) is 0 Å². The highest BCUT2D eigenvalue weighted by molar-refractivity contribution is 6.01. The number of hydrogen-bond acceptors (Lipinski definition) is 3. The summed E-state index contributed by atoms with van der Waals surface area (Å²) in [6.07, 6.45) is 2.39. The molecule has 0 fully saturated rings. The van der Waals surface area contributed by atoms with Crippen LogP contribution in [0.3, 0.4) is 0 Å². The first-order chi connectivity index (χ1) is 12.3. The lowest BCUT2D eigenvalue weighted by Gasteiger charge is -2.28. The van der Waals surface area contributed by atoms with Crippen LogP contribution in [0, 0.1) is 0 Å². The molecule has 0 bridgehead atoms. The van der Waals surface area contributed by atoms with Crippen molar-refractivity contribution in [3.05, 3.63) is 77.4 Å². The van der Waals surface area contributed by atoms with Gasteiger partial charge in [-0.15, -0.1) is 0 Å². The molecule has 3 nitrogen and oxygen atoms in total. The zero-order chi connectivity index (χ0) is 17.5. The molecule has 25 heavy (non-hydrogen) atoms. The van der Waals surface area contributed by atoms with E-state index in [1.165, 1.54) is 5.56 Å². The third-order valence-corrected chi connectivity index (χ3v) is 4.36. The Kier molecular flexibility index (Phi) is 6.02. The Bertz CT molecular complexity index is 719. The van der Waals surface area contributed by atoms with Crippen LogP contribution in [-0.2, 0) is 20.7 Å². The molecule has 1 unspecified atom stereocenters. The molecule has 0 saturated carbocycles. The molecule has 1 aliphatic heterocycles. The van der Waals surface area contributed by atoms with Crippen molar-refractivity contribution in [3.8, 4) is 0 Å². The number of allylic oxidation sites excluding steroid dienone is 1. The predicted octanol–water partition coefficient (Wildman–Crippen LogP) is 4.77. The van der Waals surface area contributed by atoms with Gasteiger partial charge in [-0.05, 0) is 25.3 Å². The van der Waals surface area contributed by atoms with E-state index < -0.39 is 0 Å². The van der Waals surface area contributed by atoms with Crippen molar-refractivity contribution in [1.29, 1.82) is 0 Å². The lowest BCUT2D eigenvalue weighted by molar-refractivity contribution is -0.119. The summed E-state index contributed by atoms with van der Waals surface area (Å²) in [4.78, 5) is 12.8. The summed E-state index contributed by atoms with van der Waals surface area (Å²) in [5, 5.41) is 0. The average molecular weight is 336 g/mol. The van der Waals surface area contributed by atoms with Crippen LogP contribution in [0.15, 0.2) is 66.2 Å². The van der Waals surface area contributed by atoms with E-state index in [2.05, 4.69) is 12.1 Å². The molecule has 3 heteroatoms. The van der Waals surface area contributed by atoms with E-state index in [0.717, 1.165) is 24.0 Å². The van der Waals surface area contributed by atoms with E-state index in [0.29, 0.717) is 25.2 Å². The van der Waals surface area contributed by atoms with Crippen LogP contribution >= 0.6 is 0 Å². The lowest BCUT2D eigenvalue weighted by atomic mass is 9.94. The van der Waals surface area contributed by atoms with Gasteiger partial charge in [0.2, 0.25) is 0 Å². The van der Waals surface area contributed by atoms with E-state index in [-0.39, 0.29) is 12.1 Å². The van der Waals surface area contributed by atoms with Crippen LogP contribution < -0.4 is 0 Å². The molecule has 1 heterocycles. The van der Waals surface area contributed by atoms with Gasteiger partial charge in [0.1, 0.15) is 5.76 Å². The number of ketones is 1. The number of carbonyl (C=O) groups excluding carboxylic acids is 1. The van der Waals surface area contributed by atoms with E-state index in [4.69, 9.17) is 9.47 Å². The third kappa shape index (κ3) is 4.58. The Hall–Kier alpha value is -2.39. The van der Waals surface area contributed by atoms with Crippen LogP contribution in [-0.4, -0.2) is 18.7 Å². The SMILES string of the molecule is CCOC1CCC(C(=O)CCc2ccccc2)=C(c2ccccc2)O1. The number of benzene rings is 2. The first-order valence-corrected chi connectivity index (χ1v) is 8.92. The molecular formula is C22H24O3. The molecule has 0 radical (unpaired) electrons. The van der Waals surface area contributed by atoms with Gasteiger partial charge in [-0.25, -0.2) is 0 Å². The fourth-order valence-corrected chi connectivity index (χ4v) is 3.09. The molecule has 3 rings (SSSR count). The highest BCUT2D eigenvalue weighted by Gasteiger charge is 2.27. The van der Waals surface area contributed by atoms with E-state index in [1.807, 2.05) is 55.5 Å². The van der Waals surface area contributed by atoms with Crippen molar-refractivity contribution >= 4 is 11.5 Å². The molecule has 2 aromatic carbocycles. The summed E-state index contributed by atoms with van der Waals surface area (Å²) in [7, 11) is 0. The zero-order valence-electron chi connectivity index (χ0n) is 14.6. The maximum Gasteiger partial charge on any atom is 0.200 e. The second-order valence-corrected chi connectivity index (χ2v) is 6.12. The number of Topliss-reactive ketones (excluding diaryl/α,β-unsaturated/α-hetero) is 1. The van der Waals surface area contributed by atoms with Gasteiger partial charge in [0.25, 0.3) is 0 Å². The Balaban J connectivity index is 1.80. The monoisotopic (exact) mass is 336 g/mol. The summed E-state index contributed by atoms with van der Waals surface area (Å²) in [6.45, 7) is 2.56. The average Bonchev–Trinajstić information content (AvgIpc) is 2.68. The summed E-state index contributed by atoms with van der Waals surface area (Å²) in [5.41, 5.74) is 2.91.